The summed E-state index contributed by atoms with van der Waals surface area (Å²) in [6.45, 7) is 2.54. The first-order valence-corrected chi connectivity index (χ1v) is 6.39. The predicted octanol–water partition coefficient (Wildman–Crippen LogP) is 3.08. The van der Waals surface area contributed by atoms with Crippen LogP contribution in [0.5, 0.6) is 5.75 Å². The average Bonchev–Trinajstić information content (AvgIpc) is 2.49. The largest absolute Gasteiger partial charge is 0.494 e. The summed E-state index contributed by atoms with van der Waals surface area (Å²) in [5.41, 5.74) is 1.51. The molecular formula is C17H15NO2. The zero-order valence-corrected chi connectivity index (χ0v) is 11.2. The molecule has 0 aliphatic heterocycles. The Morgan fingerprint density at radius 2 is 1.80 bits per heavy atom. The highest BCUT2D eigenvalue weighted by Gasteiger charge is 1.98. The molecule has 1 N–H and O–H groups in total. The van der Waals surface area contributed by atoms with E-state index in [0.29, 0.717) is 12.3 Å². The Labute approximate surface area is 118 Å². The molecule has 0 aromatic heterocycles. The van der Waals surface area contributed by atoms with Gasteiger partial charge in [-0.2, -0.15) is 0 Å². The lowest BCUT2D eigenvalue weighted by Gasteiger charge is -2.04. The van der Waals surface area contributed by atoms with Gasteiger partial charge in [0, 0.05) is 17.2 Å². The molecule has 0 aliphatic carbocycles. The number of carbonyl (C=O) groups excluding carboxylic acids is 1. The number of hydrogen-bond donors (Lipinski definition) is 1. The van der Waals surface area contributed by atoms with Crippen molar-refractivity contribution >= 4 is 11.6 Å². The standard InChI is InChI=1S/C17H15NO2/c1-2-20-16-11-9-15(10-12-16)18-17(19)13-8-14-6-4-3-5-7-14/h3-7,9-12H,2H2,1H3,(H,18,19). The van der Waals surface area contributed by atoms with Gasteiger partial charge in [-0.25, -0.2) is 0 Å². The lowest BCUT2D eigenvalue weighted by Crippen LogP contribution is -2.08. The third-order valence-corrected chi connectivity index (χ3v) is 2.52. The van der Waals surface area contributed by atoms with Crippen molar-refractivity contribution in [3.05, 3.63) is 60.2 Å². The van der Waals surface area contributed by atoms with Crippen molar-refractivity contribution in [2.24, 2.45) is 0 Å². The number of anilines is 1. The number of carbonyl (C=O) groups is 1. The highest BCUT2D eigenvalue weighted by Crippen LogP contribution is 2.15. The molecule has 2 aromatic carbocycles. The molecule has 0 saturated carbocycles. The molecule has 3 heteroatoms. The van der Waals surface area contributed by atoms with Crippen LogP contribution in [-0.2, 0) is 4.79 Å². The summed E-state index contributed by atoms with van der Waals surface area (Å²) < 4.78 is 5.33. The summed E-state index contributed by atoms with van der Waals surface area (Å²) in [6.07, 6.45) is 0. The first kappa shape index (κ1) is 13.7. The minimum Gasteiger partial charge on any atom is -0.494 e. The first-order chi connectivity index (χ1) is 9.78. The van der Waals surface area contributed by atoms with E-state index < -0.39 is 0 Å². The van der Waals surface area contributed by atoms with Gasteiger partial charge < -0.3 is 10.1 Å². The van der Waals surface area contributed by atoms with Crippen molar-refractivity contribution in [3.63, 3.8) is 0 Å². The molecule has 0 bridgehead atoms. The minimum atomic E-state index is -0.335. The molecule has 20 heavy (non-hydrogen) atoms. The van der Waals surface area contributed by atoms with Gasteiger partial charge in [0.05, 0.1) is 6.61 Å². The third-order valence-electron chi connectivity index (χ3n) is 2.52. The Bertz CT molecular complexity index is 622. The molecule has 1 amide bonds. The molecule has 2 rings (SSSR count). The molecule has 2 aromatic rings. The quantitative estimate of drug-likeness (QED) is 0.866. The first-order valence-electron chi connectivity index (χ1n) is 6.39. The second-order valence-electron chi connectivity index (χ2n) is 4.03. The van der Waals surface area contributed by atoms with Crippen LogP contribution >= 0.6 is 0 Å². The van der Waals surface area contributed by atoms with Crippen LogP contribution in [0, 0.1) is 11.8 Å². The Morgan fingerprint density at radius 3 is 2.45 bits per heavy atom. The molecule has 0 saturated heterocycles. The lowest BCUT2D eigenvalue weighted by atomic mass is 10.2. The Kier molecular flexibility index (Phi) is 4.80. The predicted molar refractivity (Wildman–Crippen MR) is 79.6 cm³/mol. The van der Waals surface area contributed by atoms with E-state index >= 15 is 0 Å². The molecule has 3 nitrogen and oxygen atoms in total. The zero-order valence-electron chi connectivity index (χ0n) is 11.2. The average molecular weight is 265 g/mol. The van der Waals surface area contributed by atoms with Crippen LogP contribution in [0.15, 0.2) is 54.6 Å². The van der Waals surface area contributed by atoms with Gasteiger partial charge in [0.25, 0.3) is 0 Å². The maximum absolute atomic E-state index is 11.7. The number of hydrogen-bond acceptors (Lipinski definition) is 2. The van der Waals surface area contributed by atoms with Crippen molar-refractivity contribution in [1.82, 2.24) is 0 Å². The summed E-state index contributed by atoms with van der Waals surface area (Å²) in [5, 5.41) is 2.71. The summed E-state index contributed by atoms with van der Waals surface area (Å²) in [4.78, 5) is 11.7. The summed E-state index contributed by atoms with van der Waals surface area (Å²) >= 11 is 0. The smallest absolute Gasteiger partial charge is 0.300 e. The summed E-state index contributed by atoms with van der Waals surface area (Å²) in [6, 6.07) is 16.6. The second-order valence-corrected chi connectivity index (χ2v) is 4.03. The molecule has 0 aliphatic rings. The Morgan fingerprint density at radius 1 is 1.10 bits per heavy atom. The molecule has 0 unspecified atom stereocenters. The number of amides is 1. The van der Waals surface area contributed by atoms with Crippen molar-refractivity contribution in [2.45, 2.75) is 6.92 Å². The third kappa shape index (κ3) is 4.18. The molecule has 100 valence electrons. The number of rotatable bonds is 3. The topological polar surface area (TPSA) is 38.3 Å². The lowest BCUT2D eigenvalue weighted by molar-refractivity contribution is -0.111. The van der Waals surface area contributed by atoms with Gasteiger partial charge >= 0.3 is 5.91 Å². The van der Waals surface area contributed by atoms with Gasteiger partial charge in [-0.1, -0.05) is 24.1 Å². The van der Waals surface area contributed by atoms with Crippen LogP contribution < -0.4 is 10.1 Å². The minimum absolute atomic E-state index is 0.335. The van der Waals surface area contributed by atoms with E-state index in [1.165, 1.54) is 0 Å². The fourth-order valence-electron chi connectivity index (χ4n) is 1.61. The van der Waals surface area contributed by atoms with Crippen molar-refractivity contribution in [3.8, 4) is 17.6 Å². The maximum Gasteiger partial charge on any atom is 0.300 e. The number of ether oxygens (including phenoxy) is 1. The van der Waals surface area contributed by atoms with Crippen LogP contribution in [-0.4, -0.2) is 12.5 Å². The summed E-state index contributed by atoms with van der Waals surface area (Å²) in [5.74, 6) is 5.81. The van der Waals surface area contributed by atoms with Crippen molar-refractivity contribution in [1.29, 1.82) is 0 Å². The fraction of sp³-hybridized carbons (Fsp3) is 0.118. The van der Waals surface area contributed by atoms with Gasteiger partial charge in [-0.3, -0.25) is 4.79 Å². The zero-order chi connectivity index (χ0) is 14.2. The Balaban J connectivity index is 1.96. The normalized spacial score (nSPS) is 9.25. The van der Waals surface area contributed by atoms with E-state index in [1.54, 1.807) is 12.1 Å². The highest BCUT2D eigenvalue weighted by molar-refractivity contribution is 6.04. The van der Waals surface area contributed by atoms with E-state index in [-0.39, 0.29) is 5.91 Å². The van der Waals surface area contributed by atoms with E-state index in [0.717, 1.165) is 11.3 Å². The van der Waals surface area contributed by atoms with Crippen molar-refractivity contribution in [2.75, 3.05) is 11.9 Å². The van der Waals surface area contributed by atoms with Crippen LogP contribution in [0.3, 0.4) is 0 Å². The SMILES string of the molecule is CCOc1ccc(NC(=O)C#Cc2ccccc2)cc1. The fourth-order valence-corrected chi connectivity index (χ4v) is 1.61. The second kappa shape index (κ2) is 7.01. The molecule has 0 atom stereocenters. The van der Waals surface area contributed by atoms with Crippen molar-refractivity contribution < 1.29 is 9.53 Å². The van der Waals surface area contributed by atoms with Gasteiger partial charge in [-0.15, -0.1) is 0 Å². The molecule has 0 spiro atoms. The number of benzene rings is 2. The van der Waals surface area contributed by atoms with E-state index in [2.05, 4.69) is 17.2 Å². The molecule has 0 radical (unpaired) electrons. The number of nitrogens with one attached hydrogen (secondary N) is 1. The van der Waals surface area contributed by atoms with Gasteiger partial charge in [0.2, 0.25) is 0 Å². The molecule has 0 heterocycles. The van der Waals surface area contributed by atoms with Crippen LogP contribution in [0.25, 0.3) is 0 Å². The van der Waals surface area contributed by atoms with Gasteiger partial charge in [0.15, 0.2) is 0 Å². The molecular weight excluding hydrogens is 250 g/mol. The highest BCUT2D eigenvalue weighted by atomic mass is 16.5. The van der Waals surface area contributed by atoms with Gasteiger partial charge in [-0.05, 0) is 43.3 Å². The van der Waals surface area contributed by atoms with E-state index in [9.17, 15) is 4.79 Å². The van der Waals surface area contributed by atoms with Gasteiger partial charge in [0.1, 0.15) is 5.75 Å². The van der Waals surface area contributed by atoms with E-state index in [1.807, 2.05) is 49.4 Å². The van der Waals surface area contributed by atoms with Crippen LogP contribution in [0.1, 0.15) is 12.5 Å². The Hall–Kier alpha value is -2.73. The monoisotopic (exact) mass is 265 g/mol. The summed E-state index contributed by atoms with van der Waals surface area (Å²) in [7, 11) is 0. The maximum atomic E-state index is 11.7. The van der Waals surface area contributed by atoms with Crippen LogP contribution in [0.2, 0.25) is 0 Å². The van der Waals surface area contributed by atoms with Crippen LogP contribution in [0.4, 0.5) is 5.69 Å². The van der Waals surface area contributed by atoms with E-state index in [4.69, 9.17) is 4.74 Å². The molecule has 0 fully saturated rings.